The Morgan fingerprint density at radius 3 is 2.80 bits per heavy atom. The van der Waals surface area contributed by atoms with Crippen LogP contribution in [0.25, 0.3) is 11.1 Å². The molecule has 0 bridgehead atoms. The lowest BCUT2D eigenvalue weighted by Crippen LogP contribution is -2.28. The van der Waals surface area contributed by atoms with Crippen molar-refractivity contribution in [3.8, 4) is 22.6 Å². The molecule has 2 aliphatic rings. The van der Waals surface area contributed by atoms with Crippen LogP contribution in [0.5, 0.6) is 11.5 Å². The van der Waals surface area contributed by atoms with Crippen molar-refractivity contribution in [3.05, 3.63) is 47.8 Å². The van der Waals surface area contributed by atoms with Crippen molar-refractivity contribution >= 4 is 11.5 Å². The predicted octanol–water partition coefficient (Wildman–Crippen LogP) is 3.27. The van der Waals surface area contributed by atoms with Gasteiger partial charge in [-0.15, -0.1) is 0 Å². The van der Waals surface area contributed by atoms with Gasteiger partial charge in [0.1, 0.15) is 23.2 Å². The molecule has 0 saturated carbocycles. The Balaban J connectivity index is 1.92. The van der Waals surface area contributed by atoms with Gasteiger partial charge in [-0.25, -0.2) is 9.38 Å². The van der Waals surface area contributed by atoms with Crippen molar-refractivity contribution < 1.29 is 13.9 Å². The topological polar surface area (TPSA) is 69.2 Å². The van der Waals surface area contributed by atoms with Gasteiger partial charge in [-0.05, 0) is 36.8 Å². The molecule has 1 spiro atoms. The van der Waals surface area contributed by atoms with Gasteiger partial charge in [0.15, 0.2) is 5.66 Å². The largest absolute Gasteiger partial charge is 0.496 e. The van der Waals surface area contributed by atoms with Gasteiger partial charge in [0.25, 0.3) is 0 Å². The minimum atomic E-state index is -0.781. The second-order valence-electron chi connectivity index (χ2n) is 6.14. The molecule has 2 aromatic rings. The van der Waals surface area contributed by atoms with E-state index >= 15 is 0 Å². The number of fused-ring (bicyclic) bond motifs is 2. The molecule has 1 atom stereocenters. The minimum absolute atomic E-state index is 0.348. The van der Waals surface area contributed by atoms with Crippen molar-refractivity contribution in [3.63, 3.8) is 0 Å². The highest BCUT2D eigenvalue weighted by Gasteiger charge is 2.41. The average Bonchev–Trinajstić information content (AvgIpc) is 2.89. The van der Waals surface area contributed by atoms with E-state index in [0.29, 0.717) is 47.2 Å². The lowest BCUT2D eigenvalue weighted by molar-refractivity contribution is 0.225. The number of rotatable bonds is 2. The second kappa shape index (κ2) is 5.58. The van der Waals surface area contributed by atoms with Crippen LogP contribution >= 0.6 is 0 Å². The third-order valence-corrected chi connectivity index (χ3v) is 4.63. The molecule has 6 heteroatoms. The van der Waals surface area contributed by atoms with Gasteiger partial charge < -0.3 is 15.2 Å². The molecular formula is C19H18FN3O2. The third-order valence-electron chi connectivity index (χ3n) is 4.63. The van der Waals surface area contributed by atoms with Gasteiger partial charge in [0.2, 0.25) is 0 Å². The van der Waals surface area contributed by atoms with Gasteiger partial charge >= 0.3 is 0 Å². The van der Waals surface area contributed by atoms with Crippen LogP contribution in [0, 0.1) is 5.82 Å². The average molecular weight is 339 g/mol. The number of halogens is 1. The van der Waals surface area contributed by atoms with Crippen molar-refractivity contribution in [2.75, 3.05) is 13.7 Å². The Morgan fingerprint density at radius 2 is 2.08 bits per heavy atom. The van der Waals surface area contributed by atoms with E-state index in [0.717, 1.165) is 5.56 Å². The molecule has 0 fully saturated rings. The second-order valence-corrected chi connectivity index (χ2v) is 6.14. The van der Waals surface area contributed by atoms with Crippen LogP contribution in [-0.4, -0.2) is 25.3 Å². The summed E-state index contributed by atoms with van der Waals surface area (Å²) in [7, 11) is 1.52. The fourth-order valence-corrected chi connectivity index (χ4v) is 3.39. The number of hydrogen-bond acceptors (Lipinski definition) is 5. The van der Waals surface area contributed by atoms with Crippen molar-refractivity contribution in [1.82, 2.24) is 0 Å². The molecule has 2 heterocycles. The van der Waals surface area contributed by atoms with Crippen molar-refractivity contribution in [1.29, 1.82) is 0 Å². The van der Waals surface area contributed by atoms with E-state index in [9.17, 15) is 4.39 Å². The van der Waals surface area contributed by atoms with E-state index in [1.165, 1.54) is 13.2 Å². The Labute approximate surface area is 145 Å². The summed E-state index contributed by atoms with van der Waals surface area (Å²) in [5.41, 5.74) is 7.77. The van der Waals surface area contributed by atoms with E-state index in [-0.39, 0.29) is 5.82 Å². The van der Waals surface area contributed by atoms with E-state index in [1.807, 2.05) is 25.1 Å². The lowest BCUT2D eigenvalue weighted by Gasteiger charge is -2.31. The molecule has 0 amide bonds. The quantitative estimate of drug-likeness (QED) is 0.913. The number of hydrogen-bond donors (Lipinski definition) is 1. The van der Waals surface area contributed by atoms with E-state index in [2.05, 4.69) is 9.98 Å². The highest BCUT2D eigenvalue weighted by molar-refractivity contribution is 6.41. The van der Waals surface area contributed by atoms with Crippen LogP contribution in [0.4, 0.5) is 4.39 Å². The number of aliphatic imine (C=N–C) groups is 2. The molecule has 2 aliphatic heterocycles. The maximum Gasteiger partial charge on any atom is 0.185 e. The van der Waals surface area contributed by atoms with Gasteiger partial charge in [0, 0.05) is 12.0 Å². The molecule has 2 aromatic carbocycles. The zero-order valence-corrected chi connectivity index (χ0v) is 14.0. The normalized spacial score (nSPS) is 21.4. The molecule has 25 heavy (non-hydrogen) atoms. The summed E-state index contributed by atoms with van der Waals surface area (Å²) in [6.45, 7) is 2.34. The SMILES string of the molecule is COc1cccc(F)c1-c1ccc2c(c1)C1(CCO2)N=C(C)C(N)=N1. The first kappa shape index (κ1) is 15.6. The summed E-state index contributed by atoms with van der Waals surface area (Å²) >= 11 is 0. The van der Waals surface area contributed by atoms with Crippen LogP contribution < -0.4 is 15.2 Å². The van der Waals surface area contributed by atoms with Crippen LogP contribution in [0.15, 0.2) is 46.4 Å². The molecule has 128 valence electrons. The van der Waals surface area contributed by atoms with E-state index < -0.39 is 5.66 Å². The number of amidine groups is 1. The summed E-state index contributed by atoms with van der Waals surface area (Å²) in [6.07, 6.45) is 0.593. The summed E-state index contributed by atoms with van der Waals surface area (Å²) in [6, 6.07) is 10.3. The Morgan fingerprint density at radius 1 is 1.24 bits per heavy atom. The molecule has 0 aliphatic carbocycles. The molecule has 0 aromatic heterocycles. The lowest BCUT2D eigenvalue weighted by atomic mass is 9.91. The fraction of sp³-hybridized carbons (Fsp3) is 0.263. The number of nitrogens with two attached hydrogens (primary N) is 1. The first-order valence-corrected chi connectivity index (χ1v) is 8.06. The molecule has 5 nitrogen and oxygen atoms in total. The van der Waals surface area contributed by atoms with Crippen LogP contribution in [0.3, 0.4) is 0 Å². The first-order chi connectivity index (χ1) is 12.0. The van der Waals surface area contributed by atoms with Gasteiger partial charge in [-0.1, -0.05) is 12.1 Å². The molecular weight excluding hydrogens is 321 g/mol. The Bertz CT molecular complexity index is 903. The van der Waals surface area contributed by atoms with E-state index in [4.69, 9.17) is 15.2 Å². The molecule has 4 rings (SSSR count). The zero-order chi connectivity index (χ0) is 17.6. The summed E-state index contributed by atoms with van der Waals surface area (Å²) in [5.74, 6) is 1.25. The summed E-state index contributed by atoms with van der Waals surface area (Å²) in [4.78, 5) is 9.27. The first-order valence-electron chi connectivity index (χ1n) is 8.06. The fourth-order valence-electron chi connectivity index (χ4n) is 3.39. The monoisotopic (exact) mass is 339 g/mol. The van der Waals surface area contributed by atoms with Crippen LogP contribution in [0.1, 0.15) is 18.9 Å². The number of ether oxygens (including phenoxy) is 2. The molecule has 2 N–H and O–H groups in total. The molecule has 0 saturated heterocycles. The summed E-state index contributed by atoms with van der Waals surface area (Å²) < 4.78 is 25.5. The maximum absolute atomic E-state index is 14.5. The smallest absolute Gasteiger partial charge is 0.185 e. The van der Waals surface area contributed by atoms with Gasteiger partial charge in [0.05, 0.1) is 25.0 Å². The Hall–Kier alpha value is -2.89. The third kappa shape index (κ3) is 2.36. The molecule has 1 unspecified atom stereocenters. The zero-order valence-electron chi connectivity index (χ0n) is 14.0. The number of methoxy groups -OCH3 is 1. The maximum atomic E-state index is 14.5. The molecule has 0 radical (unpaired) electrons. The van der Waals surface area contributed by atoms with Crippen molar-refractivity contribution in [2.45, 2.75) is 19.0 Å². The van der Waals surface area contributed by atoms with Gasteiger partial charge in [-0.3, -0.25) is 4.99 Å². The van der Waals surface area contributed by atoms with Crippen LogP contribution in [-0.2, 0) is 5.66 Å². The number of nitrogens with zero attached hydrogens (tertiary/aromatic N) is 2. The van der Waals surface area contributed by atoms with Gasteiger partial charge in [-0.2, -0.15) is 0 Å². The Kier molecular flexibility index (Phi) is 3.49. The summed E-state index contributed by atoms with van der Waals surface area (Å²) in [5, 5.41) is 0. The predicted molar refractivity (Wildman–Crippen MR) is 94.9 cm³/mol. The highest BCUT2D eigenvalue weighted by atomic mass is 19.1. The van der Waals surface area contributed by atoms with Crippen molar-refractivity contribution in [2.24, 2.45) is 15.7 Å². The van der Waals surface area contributed by atoms with Crippen LogP contribution in [0.2, 0.25) is 0 Å². The van der Waals surface area contributed by atoms with E-state index in [1.54, 1.807) is 12.1 Å². The minimum Gasteiger partial charge on any atom is -0.496 e. The highest BCUT2D eigenvalue weighted by Crippen LogP contribution is 2.45. The number of benzene rings is 2. The standard InChI is InChI=1S/C19H18FN3O2/c1-11-18(21)23-19(22-11)8-9-25-15-7-6-12(10-13(15)19)17-14(20)4-3-5-16(17)24-2/h3-7,10H,8-9H2,1-2H3,(H2,21,23).